The number of phenols is 1. The van der Waals surface area contributed by atoms with E-state index in [0.717, 1.165) is 18.4 Å². The van der Waals surface area contributed by atoms with E-state index in [1.165, 1.54) is 37.8 Å². The Morgan fingerprint density at radius 3 is 2.53 bits per heavy atom. The van der Waals surface area contributed by atoms with Crippen molar-refractivity contribution in [1.82, 2.24) is 0 Å². The van der Waals surface area contributed by atoms with Crippen molar-refractivity contribution in [3.63, 3.8) is 0 Å². The first-order chi connectivity index (χ1) is 9.06. The fourth-order valence-corrected chi connectivity index (χ4v) is 2.36. The lowest BCUT2D eigenvalue weighted by molar-refractivity contribution is 0.0695. The van der Waals surface area contributed by atoms with Crippen LogP contribution >= 0.6 is 0 Å². The molecule has 106 valence electrons. The summed E-state index contributed by atoms with van der Waals surface area (Å²) >= 11 is 0. The van der Waals surface area contributed by atoms with Crippen molar-refractivity contribution in [2.24, 2.45) is 0 Å². The molecule has 1 rings (SSSR count). The Hall–Kier alpha value is -1.51. The molecule has 0 fully saturated rings. The Bertz CT molecular complexity index is 412. The van der Waals surface area contributed by atoms with Crippen molar-refractivity contribution in [2.75, 3.05) is 0 Å². The predicted octanol–water partition coefficient (Wildman–Crippen LogP) is 4.55. The summed E-state index contributed by atoms with van der Waals surface area (Å²) in [5.41, 5.74) is 1.04. The van der Waals surface area contributed by atoms with Gasteiger partial charge in [0.1, 0.15) is 5.75 Å². The Morgan fingerprint density at radius 2 is 1.89 bits per heavy atom. The van der Waals surface area contributed by atoms with Crippen molar-refractivity contribution in [3.05, 3.63) is 29.3 Å². The summed E-state index contributed by atoms with van der Waals surface area (Å²) in [5, 5.41) is 18.7. The SMILES string of the molecule is CCCCCCC[C@@H](C)c1cc(O)ccc1C(=O)O. The summed E-state index contributed by atoms with van der Waals surface area (Å²) in [5.74, 6) is -0.620. The predicted molar refractivity (Wildman–Crippen MR) is 76.9 cm³/mol. The second-order valence-electron chi connectivity index (χ2n) is 5.18. The van der Waals surface area contributed by atoms with Gasteiger partial charge in [0.25, 0.3) is 0 Å². The quantitative estimate of drug-likeness (QED) is 0.677. The topological polar surface area (TPSA) is 57.5 Å². The van der Waals surface area contributed by atoms with Gasteiger partial charge in [-0.05, 0) is 36.1 Å². The third-order valence-electron chi connectivity index (χ3n) is 3.54. The van der Waals surface area contributed by atoms with Crippen LogP contribution < -0.4 is 0 Å². The maximum absolute atomic E-state index is 11.2. The summed E-state index contributed by atoms with van der Waals surface area (Å²) in [7, 11) is 0. The number of carboxylic acid groups (broad SMARTS) is 1. The highest BCUT2D eigenvalue weighted by Crippen LogP contribution is 2.28. The van der Waals surface area contributed by atoms with E-state index >= 15 is 0 Å². The molecule has 3 nitrogen and oxygen atoms in total. The minimum absolute atomic E-state index is 0.137. The van der Waals surface area contributed by atoms with Crippen LogP contribution in [0.5, 0.6) is 5.75 Å². The van der Waals surface area contributed by atoms with Gasteiger partial charge in [0.2, 0.25) is 0 Å². The Labute approximate surface area is 115 Å². The molecule has 1 aromatic carbocycles. The van der Waals surface area contributed by atoms with E-state index in [9.17, 15) is 9.90 Å². The molecule has 0 amide bonds. The molecule has 0 heterocycles. The molecule has 0 aliphatic carbocycles. The molecule has 0 radical (unpaired) electrons. The van der Waals surface area contributed by atoms with Crippen molar-refractivity contribution in [1.29, 1.82) is 0 Å². The maximum atomic E-state index is 11.2. The zero-order valence-corrected chi connectivity index (χ0v) is 11.9. The Balaban J connectivity index is 2.62. The largest absolute Gasteiger partial charge is 0.508 e. The molecule has 0 saturated heterocycles. The number of hydrogen-bond acceptors (Lipinski definition) is 2. The summed E-state index contributed by atoms with van der Waals surface area (Å²) in [6.45, 7) is 4.22. The first-order valence-electron chi connectivity index (χ1n) is 7.12. The molecule has 19 heavy (non-hydrogen) atoms. The van der Waals surface area contributed by atoms with Gasteiger partial charge < -0.3 is 10.2 Å². The monoisotopic (exact) mass is 264 g/mol. The van der Waals surface area contributed by atoms with Crippen molar-refractivity contribution in [2.45, 2.75) is 58.3 Å². The van der Waals surface area contributed by atoms with Gasteiger partial charge in [-0.25, -0.2) is 4.79 Å². The molecule has 0 aromatic heterocycles. The van der Waals surface area contributed by atoms with E-state index in [1.807, 2.05) is 6.92 Å². The Morgan fingerprint density at radius 1 is 1.21 bits per heavy atom. The van der Waals surface area contributed by atoms with Crippen LogP contribution in [-0.2, 0) is 0 Å². The molecular formula is C16H24O3. The summed E-state index contributed by atoms with van der Waals surface area (Å²) in [6.07, 6.45) is 7.00. The third kappa shape index (κ3) is 4.93. The molecule has 3 heteroatoms. The van der Waals surface area contributed by atoms with E-state index in [2.05, 4.69) is 6.92 Å². The van der Waals surface area contributed by atoms with Crippen molar-refractivity contribution >= 4 is 5.97 Å². The number of carbonyl (C=O) groups is 1. The molecule has 2 N–H and O–H groups in total. The minimum atomic E-state index is -0.923. The zero-order valence-electron chi connectivity index (χ0n) is 11.9. The summed E-state index contributed by atoms with van der Waals surface area (Å²) < 4.78 is 0. The van der Waals surface area contributed by atoms with Gasteiger partial charge >= 0.3 is 5.97 Å². The van der Waals surface area contributed by atoms with Gasteiger partial charge in [-0.2, -0.15) is 0 Å². The average Bonchev–Trinajstić information content (AvgIpc) is 2.37. The van der Waals surface area contributed by atoms with E-state index in [-0.39, 0.29) is 11.7 Å². The highest BCUT2D eigenvalue weighted by atomic mass is 16.4. The second kappa shape index (κ2) is 7.82. The number of unbranched alkanes of at least 4 members (excludes halogenated alkanes) is 4. The van der Waals surface area contributed by atoms with Crippen LogP contribution in [0.2, 0.25) is 0 Å². The fraction of sp³-hybridized carbons (Fsp3) is 0.562. The standard InChI is InChI=1S/C16H24O3/c1-3-4-5-6-7-8-12(2)15-11-13(17)9-10-14(15)16(18)19/h9-12,17H,3-8H2,1-2H3,(H,18,19)/t12-/m1/s1. The van der Waals surface area contributed by atoms with E-state index in [1.54, 1.807) is 6.07 Å². The molecule has 0 unspecified atom stereocenters. The molecular weight excluding hydrogens is 240 g/mol. The molecule has 1 aromatic rings. The molecule has 1 atom stereocenters. The number of carboxylic acids is 1. The molecule has 0 spiro atoms. The van der Waals surface area contributed by atoms with Gasteiger partial charge in [0, 0.05) is 0 Å². The first kappa shape index (κ1) is 15.5. The van der Waals surface area contributed by atoms with Crippen LogP contribution in [0, 0.1) is 0 Å². The normalized spacial score (nSPS) is 12.3. The lowest BCUT2D eigenvalue weighted by Crippen LogP contribution is -2.05. The highest BCUT2D eigenvalue weighted by Gasteiger charge is 2.15. The van der Waals surface area contributed by atoms with Crippen LogP contribution in [-0.4, -0.2) is 16.2 Å². The number of benzene rings is 1. The minimum Gasteiger partial charge on any atom is -0.508 e. The van der Waals surface area contributed by atoms with Crippen LogP contribution in [0.4, 0.5) is 0 Å². The van der Waals surface area contributed by atoms with Crippen LogP contribution in [0.25, 0.3) is 0 Å². The molecule has 0 saturated carbocycles. The number of rotatable bonds is 8. The second-order valence-corrected chi connectivity index (χ2v) is 5.18. The average molecular weight is 264 g/mol. The lowest BCUT2D eigenvalue weighted by atomic mass is 9.91. The van der Waals surface area contributed by atoms with Crippen molar-refractivity contribution in [3.8, 4) is 5.75 Å². The summed E-state index contributed by atoms with van der Waals surface area (Å²) in [6, 6.07) is 4.50. The van der Waals surface area contributed by atoms with E-state index in [4.69, 9.17) is 5.11 Å². The van der Waals surface area contributed by atoms with Gasteiger partial charge in [-0.15, -0.1) is 0 Å². The number of phenolic OH excluding ortho intramolecular Hbond substituents is 1. The third-order valence-corrected chi connectivity index (χ3v) is 3.54. The van der Waals surface area contributed by atoms with Crippen LogP contribution in [0.1, 0.15) is 74.2 Å². The summed E-state index contributed by atoms with van der Waals surface area (Å²) in [4.78, 5) is 11.2. The first-order valence-corrected chi connectivity index (χ1v) is 7.12. The van der Waals surface area contributed by atoms with Gasteiger partial charge in [-0.3, -0.25) is 0 Å². The lowest BCUT2D eigenvalue weighted by Gasteiger charge is -2.15. The van der Waals surface area contributed by atoms with E-state index < -0.39 is 5.97 Å². The molecule has 0 aliphatic heterocycles. The zero-order chi connectivity index (χ0) is 14.3. The smallest absolute Gasteiger partial charge is 0.335 e. The maximum Gasteiger partial charge on any atom is 0.335 e. The fourth-order valence-electron chi connectivity index (χ4n) is 2.36. The van der Waals surface area contributed by atoms with Crippen molar-refractivity contribution < 1.29 is 15.0 Å². The van der Waals surface area contributed by atoms with E-state index in [0.29, 0.717) is 5.56 Å². The van der Waals surface area contributed by atoms with Gasteiger partial charge in [0.05, 0.1) is 5.56 Å². The number of aromatic hydroxyl groups is 1. The molecule has 0 bridgehead atoms. The number of aromatic carboxylic acids is 1. The van der Waals surface area contributed by atoms with Gasteiger partial charge in [0.15, 0.2) is 0 Å². The van der Waals surface area contributed by atoms with Crippen LogP contribution in [0.3, 0.4) is 0 Å². The van der Waals surface area contributed by atoms with Crippen LogP contribution in [0.15, 0.2) is 18.2 Å². The Kier molecular flexibility index (Phi) is 6.40. The number of hydrogen-bond donors (Lipinski definition) is 2. The highest BCUT2D eigenvalue weighted by molar-refractivity contribution is 5.89. The van der Waals surface area contributed by atoms with Gasteiger partial charge in [-0.1, -0.05) is 46.0 Å². The molecule has 0 aliphatic rings.